The summed E-state index contributed by atoms with van der Waals surface area (Å²) in [6.07, 6.45) is 4.49. The van der Waals surface area contributed by atoms with Crippen LogP contribution in [0.1, 0.15) is 12.5 Å². The maximum absolute atomic E-state index is 12.2. The number of fused-ring (bicyclic) bond motifs is 1. The molecule has 1 amide bonds. The van der Waals surface area contributed by atoms with E-state index in [1.165, 1.54) is 5.56 Å². The van der Waals surface area contributed by atoms with Gasteiger partial charge in [0.1, 0.15) is 0 Å². The van der Waals surface area contributed by atoms with E-state index in [-0.39, 0.29) is 18.5 Å². The van der Waals surface area contributed by atoms with Crippen LogP contribution in [0.4, 0.5) is 0 Å². The van der Waals surface area contributed by atoms with Gasteiger partial charge in [-0.2, -0.15) is 0 Å². The van der Waals surface area contributed by atoms with Crippen LogP contribution < -0.4 is 10.5 Å². The first kappa shape index (κ1) is 20.3. The predicted molar refractivity (Wildman–Crippen MR) is 116 cm³/mol. The summed E-state index contributed by atoms with van der Waals surface area (Å²) in [6, 6.07) is 18.6. The number of nitrogens with zero attached hydrogens (tertiary/aromatic N) is 2. The first-order valence-electron chi connectivity index (χ1n) is 9.43. The molecule has 3 rings (SSSR count). The fourth-order valence-electron chi connectivity index (χ4n) is 3.02. The highest BCUT2D eigenvalue weighted by Gasteiger charge is 2.15. The third kappa shape index (κ3) is 5.79. The molecule has 0 unspecified atom stereocenters. The number of amides is 1. The van der Waals surface area contributed by atoms with Gasteiger partial charge in [0.25, 0.3) is 0 Å². The second-order valence-corrected chi connectivity index (χ2v) is 7.70. The molecule has 0 spiro atoms. The zero-order valence-electron chi connectivity index (χ0n) is 16.0. The van der Waals surface area contributed by atoms with Gasteiger partial charge >= 0.3 is 0 Å². The van der Waals surface area contributed by atoms with E-state index in [0.717, 1.165) is 22.1 Å². The van der Waals surface area contributed by atoms with Crippen molar-refractivity contribution in [3.05, 3.63) is 72.6 Å². The second-order valence-electron chi connectivity index (χ2n) is 6.79. The molecule has 0 saturated carbocycles. The van der Waals surface area contributed by atoms with E-state index in [1.807, 2.05) is 35.4 Å². The molecule has 0 aliphatic heterocycles. The summed E-state index contributed by atoms with van der Waals surface area (Å²) < 4.78 is 3.44. The third-order valence-corrected chi connectivity index (χ3v) is 5.53. The van der Waals surface area contributed by atoms with Gasteiger partial charge < -0.3 is 10.6 Å². The van der Waals surface area contributed by atoms with Crippen molar-refractivity contribution in [1.29, 1.82) is 0 Å². The molecule has 1 atom stereocenters. The molecular weight excluding hydrogens is 368 g/mol. The van der Waals surface area contributed by atoms with Crippen molar-refractivity contribution in [2.75, 3.05) is 19.6 Å². The number of hydrogen-bond donors (Lipinski definition) is 2. The number of rotatable bonds is 9. The van der Waals surface area contributed by atoms with Gasteiger partial charge in [-0.25, -0.2) is 0 Å². The Morgan fingerprint density at radius 1 is 1.18 bits per heavy atom. The Balaban J connectivity index is 1.54. The SMILES string of the molecule is C[C@H](CN(CCc1ccccc1)C(=O)CN)NSc1ccc2cnccc2c1. The highest BCUT2D eigenvalue weighted by molar-refractivity contribution is 7.97. The van der Waals surface area contributed by atoms with E-state index in [4.69, 9.17) is 5.73 Å². The third-order valence-electron chi connectivity index (χ3n) is 4.52. The average molecular weight is 395 g/mol. The van der Waals surface area contributed by atoms with Crippen LogP contribution >= 0.6 is 11.9 Å². The average Bonchev–Trinajstić information content (AvgIpc) is 2.75. The van der Waals surface area contributed by atoms with Crippen molar-refractivity contribution in [2.24, 2.45) is 5.73 Å². The van der Waals surface area contributed by atoms with Gasteiger partial charge in [0.15, 0.2) is 0 Å². The summed E-state index contributed by atoms with van der Waals surface area (Å²) in [5.74, 6) is -0.0206. The van der Waals surface area contributed by atoms with E-state index in [0.29, 0.717) is 13.1 Å². The number of nitrogens with one attached hydrogen (secondary N) is 1. The molecule has 0 fully saturated rings. The molecule has 0 aliphatic carbocycles. The number of benzene rings is 2. The summed E-state index contributed by atoms with van der Waals surface area (Å²) >= 11 is 1.58. The Bertz CT molecular complexity index is 903. The van der Waals surface area contributed by atoms with Crippen molar-refractivity contribution in [3.63, 3.8) is 0 Å². The van der Waals surface area contributed by atoms with Crippen molar-refractivity contribution in [1.82, 2.24) is 14.6 Å². The lowest BCUT2D eigenvalue weighted by Gasteiger charge is -2.26. The number of hydrogen-bond acceptors (Lipinski definition) is 5. The molecule has 0 bridgehead atoms. The van der Waals surface area contributed by atoms with E-state index in [1.54, 1.807) is 18.1 Å². The Labute approximate surface area is 170 Å². The van der Waals surface area contributed by atoms with Crippen LogP contribution in [0.25, 0.3) is 10.8 Å². The Morgan fingerprint density at radius 2 is 2.00 bits per heavy atom. The van der Waals surface area contributed by atoms with Gasteiger partial charge in [0.05, 0.1) is 6.54 Å². The van der Waals surface area contributed by atoms with Gasteiger partial charge in [-0.05, 0) is 54.4 Å². The monoisotopic (exact) mass is 394 g/mol. The van der Waals surface area contributed by atoms with Crippen LogP contribution in [-0.2, 0) is 11.2 Å². The Kier molecular flexibility index (Phi) is 7.42. The fourth-order valence-corrected chi connectivity index (χ4v) is 3.75. The second kappa shape index (κ2) is 10.2. The topological polar surface area (TPSA) is 71.2 Å². The highest BCUT2D eigenvalue weighted by atomic mass is 32.2. The molecule has 2 aromatic carbocycles. The Morgan fingerprint density at radius 3 is 2.79 bits per heavy atom. The van der Waals surface area contributed by atoms with Crippen LogP contribution in [0.5, 0.6) is 0 Å². The standard InChI is InChI=1S/C22H26N4OS/c1-17(25-28-21-8-7-20-15-24-11-9-19(20)13-21)16-26(22(27)14-23)12-10-18-5-3-2-4-6-18/h2-9,11,13,15,17,25H,10,12,14,16,23H2,1H3/t17-/m1/s1. The molecule has 3 N–H and O–H groups in total. The molecule has 1 aromatic heterocycles. The molecule has 146 valence electrons. The molecular formula is C22H26N4OS. The highest BCUT2D eigenvalue weighted by Crippen LogP contribution is 2.21. The van der Waals surface area contributed by atoms with Crippen LogP contribution in [0.3, 0.4) is 0 Å². The normalized spacial score (nSPS) is 12.1. The van der Waals surface area contributed by atoms with E-state index >= 15 is 0 Å². The minimum absolute atomic E-state index is 0.0206. The number of carbonyl (C=O) groups excluding carboxylic acids is 1. The van der Waals surface area contributed by atoms with Crippen LogP contribution in [0, 0.1) is 0 Å². The van der Waals surface area contributed by atoms with Gasteiger partial charge in [0, 0.05) is 41.8 Å². The van der Waals surface area contributed by atoms with Crippen molar-refractivity contribution >= 4 is 28.6 Å². The van der Waals surface area contributed by atoms with Crippen LogP contribution in [0.2, 0.25) is 0 Å². The van der Waals surface area contributed by atoms with E-state index < -0.39 is 0 Å². The summed E-state index contributed by atoms with van der Waals surface area (Å²) in [7, 11) is 0. The fraction of sp³-hybridized carbons (Fsp3) is 0.273. The van der Waals surface area contributed by atoms with Crippen molar-refractivity contribution < 1.29 is 4.79 Å². The maximum Gasteiger partial charge on any atom is 0.236 e. The summed E-state index contributed by atoms with van der Waals surface area (Å²) in [6.45, 7) is 3.40. The minimum atomic E-state index is -0.0206. The van der Waals surface area contributed by atoms with E-state index in [2.05, 4.69) is 47.0 Å². The first-order chi connectivity index (χ1) is 13.7. The van der Waals surface area contributed by atoms with Crippen LogP contribution in [0.15, 0.2) is 71.9 Å². The molecule has 6 heteroatoms. The number of aromatic nitrogens is 1. The molecule has 28 heavy (non-hydrogen) atoms. The van der Waals surface area contributed by atoms with E-state index in [9.17, 15) is 4.79 Å². The van der Waals surface area contributed by atoms with Crippen molar-refractivity contribution in [3.8, 4) is 0 Å². The van der Waals surface area contributed by atoms with Gasteiger partial charge in [-0.1, -0.05) is 36.4 Å². The number of nitrogens with two attached hydrogens (primary N) is 1. The molecule has 0 saturated heterocycles. The zero-order chi connectivity index (χ0) is 19.8. The summed E-state index contributed by atoms with van der Waals surface area (Å²) in [4.78, 5) is 19.4. The quantitative estimate of drug-likeness (QED) is 0.545. The lowest BCUT2D eigenvalue weighted by atomic mass is 10.1. The molecule has 0 radical (unpaired) electrons. The zero-order valence-corrected chi connectivity index (χ0v) is 16.9. The summed E-state index contributed by atoms with van der Waals surface area (Å²) in [5, 5.41) is 2.29. The Hall–Kier alpha value is -2.41. The largest absolute Gasteiger partial charge is 0.340 e. The molecule has 0 aliphatic rings. The van der Waals surface area contributed by atoms with Gasteiger partial charge in [0.2, 0.25) is 5.91 Å². The predicted octanol–water partition coefficient (Wildman–Crippen LogP) is 3.25. The first-order valence-corrected chi connectivity index (χ1v) is 10.3. The molecule has 5 nitrogen and oxygen atoms in total. The molecule has 3 aromatic rings. The van der Waals surface area contributed by atoms with Gasteiger partial charge in [-0.15, -0.1) is 0 Å². The summed E-state index contributed by atoms with van der Waals surface area (Å²) in [5.41, 5.74) is 6.83. The minimum Gasteiger partial charge on any atom is -0.340 e. The maximum atomic E-state index is 12.2. The lowest BCUT2D eigenvalue weighted by molar-refractivity contribution is -0.129. The molecule has 1 heterocycles. The number of carbonyl (C=O) groups is 1. The smallest absolute Gasteiger partial charge is 0.236 e. The lowest BCUT2D eigenvalue weighted by Crippen LogP contribution is -2.44. The number of pyridine rings is 1. The van der Waals surface area contributed by atoms with Crippen molar-refractivity contribution in [2.45, 2.75) is 24.3 Å². The van der Waals surface area contributed by atoms with Crippen LogP contribution in [-0.4, -0.2) is 41.5 Å². The van der Waals surface area contributed by atoms with Gasteiger partial charge in [-0.3, -0.25) is 14.5 Å².